The van der Waals surface area contributed by atoms with Crippen molar-refractivity contribution < 1.29 is 35.9 Å². The third-order valence-electron chi connectivity index (χ3n) is 8.07. The summed E-state index contributed by atoms with van der Waals surface area (Å²) < 4.78 is 83.5. The van der Waals surface area contributed by atoms with Gasteiger partial charge in [0.25, 0.3) is 0 Å². The Morgan fingerprint density at radius 1 is 0.706 bits per heavy atom. The number of hydrogen-bond donors (Lipinski definition) is 3. The van der Waals surface area contributed by atoms with E-state index in [1.54, 1.807) is 4.90 Å². The molecule has 2 aromatic carbocycles. The van der Waals surface area contributed by atoms with Crippen molar-refractivity contribution in [3.05, 3.63) is 58.7 Å². The lowest BCUT2D eigenvalue weighted by molar-refractivity contribution is -0.138. The van der Waals surface area contributed by atoms with Gasteiger partial charge in [-0.2, -0.15) is 36.8 Å². The number of halogens is 6. The lowest BCUT2D eigenvalue weighted by Crippen LogP contribution is -2.49. The standard InChI is InChI=1S/C18H23F3N6O2.C13H15F3N6/c1-17(2,3)29-16(28)27-8-6-26(7-9-27)11-12-4-5-13(18(19,20)21)10-14(12)15-22-24-25-23-15;14-13(15,16)10-2-1-9(8-22-5-3-17-4-6-22)11(7-10)12-18-20-21-19-12/h4-5,10H,6-9,11H2,1-3H3,(H,22,23,24,25);1-2,7,17H,3-6,8H2,(H,18,19,20,21). The van der Waals surface area contributed by atoms with Gasteiger partial charge in [0.15, 0.2) is 0 Å². The van der Waals surface area contributed by atoms with E-state index in [-0.39, 0.29) is 23.3 Å². The predicted octanol–water partition coefficient (Wildman–Crippen LogP) is 4.23. The maximum Gasteiger partial charge on any atom is 0.416 e. The quantitative estimate of drug-likeness (QED) is 0.245. The first-order valence-electron chi connectivity index (χ1n) is 16.1. The summed E-state index contributed by atoms with van der Waals surface area (Å²) in [6, 6.07) is 7.21. The Kier molecular flexibility index (Phi) is 11.6. The molecule has 276 valence electrons. The van der Waals surface area contributed by atoms with Gasteiger partial charge >= 0.3 is 18.4 Å². The second-order valence-corrected chi connectivity index (χ2v) is 13.0. The molecule has 0 aliphatic carbocycles. The Hall–Kier alpha value is -4.69. The van der Waals surface area contributed by atoms with Gasteiger partial charge < -0.3 is 15.0 Å². The average molecular weight is 725 g/mol. The third kappa shape index (κ3) is 10.4. The fraction of sp³-hybridized carbons (Fsp3) is 0.516. The molecule has 0 bridgehead atoms. The largest absolute Gasteiger partial charge is 0.444 e. The maximum atomic E-state index is 13.1. The molecule has 0 unspecified atom stereocenters. The van der Waals surface area contributed by atoms with E-state index < -0.39 is 29.1 Å². The Morgan fingerprint density at radius 2 is 1.16 bits per heavy atom. The summed E-state index contributed by atoms with van der Waals surface area (Å²) in [5.74, 6) is 0.287. The van der Waals surface area contributed by atoms with E-state index in [9.17, 15) is 31.1 Å². The van der Waals surface area contributed by atoms with Crippen LogP contribution in [0.4, 0.5) is 31.1 Å². The van der Waals surface area contributed by atoms with Gasteiger partial charge in [-0.05, 0) is 66.6 Å². The number of ether oxygens (including phenoxy) is 1. The number of nitrogens with zero attached hydrogens (tertiary/aromatic N) is 9. The lowest BCUT2D eigenvalue weighted by atomic mass is 10.0. The van der Waals surface area contributed by atoms with E-state index in [1.807, 2.05) is 20.8 Å². The predicted molar refractivity (Wildman–Crippen MR) is 170 cm³/mol. The second kappa shape index (κ2) is 15.7. The highest BCUT2D eigenvalue weighted by molar-refractivity contribution is 5.68. The van der Waals surface area contributed by atoms with Gasteiger partial charge in [0.05, 0.1) is 11.1 Å². The van der Waals surface area contributed by atoms with E-state index >= 15 is 0 Å². The molecule has 2 aliphatic rings. The Balaban J connectivity index is 0.000000205. The van der Waals surface area contributed by atoms with Crippen LogP contribution < -0.4 is 5.32 Å². The van der Waals surface area contributed by atoms with Gasteiger partial charge in [0.1, 0.15) is 5.60 Å². The highest BCUT2D eigenvalue weighted by Crippen LogP contribution is 2.35. The number of nitrogens with one attached hydrogen (secondary N) is 3. The maximum absolute atomic E-state index is 13.1. The molecule has 0 radical (unpaired) electrons. The Labute approximate surface area is 288 Å². The van der Waals surface area contributed by atoms with E-state index in [4.69, 9.17) is 4.74 Å². The third-order valence-corrected chi connectivity index (χ3v) is 8.07. The van der Waals surface area contributed by atoms with Crippen molar-refractivity contribution in [3.8, 4) is 22.8 Å². The fourth-order valence-electron chi connectivity index (χ4n) is 5.52. The van der Waals surface area contributed by atoms with Crippen LogP contribution in [-0.2, 0) is 30.2 Å². The summed E-state index contributed by atoms with van der Waals surface area (Å²) in [5, 5.41) is 30.0. The highest BCUT2D eigenvalue weighted by atomic mass is 19.4. The summed E-state index contributed by atoms with van der Waals surface area (Å²) in [6.45, 7) is 12.0. The first kappa shape index (κ1) is 37.6. The molecule has 51 heavy (non-hydrogen) atoms. The van der Waals surface area contributed by atoms with Crippen LogP contribution in [0.1, 0.15) is 43.0 Å². The van der Waals surface area contributed by atoms with Crippen molar-refractivity contribution in [2.45, 2.75) is 51.8 Å². The minimum Gasteiger partial charge on any atom is -0.444 e. The topological polar surface area (TPSA) is 157 Å². The van der Waals surface area contributed by atoms with Crippen LogP contribution in [0.25, 0.3) is 22.8 Å². The summed E-state index contributed by atoms with van der Waals surface area (Å²) in [4.78, 5) is 18.1. The summed E-state index contributed by atoms with van der Waals surface area (Å²) in [7, 11) is 0. The van der Waals surface area contributed by atoms with Crippen LogP contribution in [0, 0.1) is 0 Å². The molecule has 4 heterocycles. The molecule has 2 aromatic heterocycles. The van der Waals surface area contributed by atoms with Crippen LogP contribution in [0.5, 0.6) is 0 Å². The SMILES string of the molecule is CC(C)(C)OC(=O)N1CCN(Cc2ccc(C(F)(F)F)cc2-c2nn[nH]n2)CC1.FC(F)(F)c1ccc(CN2CCNCC2)c(-c2nn[nH]n2)c1. The number of H-pyrrole nitrogens is 2. The van der Waals surface area contributed by atoms with Gasteiger partial charge in [-0.1, -0.05) is 12.1 Å². The summed E-state index contributed by atoms with van der Waals surface area (Å²) in [6.07, 6.45) is -9.22. The van der Waals surface area contributed by atoms with Crippen LogP contribution in [0.2, 0.25) is 0 Å². The summed E-state index contributed by atoms with van der Waals surface area (Å²) >= 11 is 0. The molecule has 4 aromatic rings. The molecule has 20 heteroatoms. The van der Waals surface area contributed by atoms with Gasteiger partial charge in [0, 0.05) is 76.6 Å². The molecule has 6 rings (SSSR count). The second-order valence-electron chi connectivity index (χ2n) is 13.0. The lowest BCUT2D eigenvalue weighted by Gasteiger charge is -2.35. The minimum absolute atomic E-state index is 0.110. The van der Waals surface area contributed by atoms with Crippen molar-refractivity contribution in [1.29, 1.82) is 0 Å². The number of aromatic amines is 2. The molecule has 2 saturated heterocycles. The number of aromatic nitrogens is 8. The molecule has 0 atom stereocenters. The molecule has 2 fully saturated rings. The zero-order valence-electron chi connectivity index (χ0n) is 28.1. The van der Waals surface area contributed by atoms with E-state index in [0.29, 0.717) is 50.4 Å². The number of rotatable bonds is 6. The van der Waals surface area contributed by atoms with Crippen LogP contribution >= 0.6 is 0 Å². The van der Waals surface area contributed by atoms with Gasteiger partial charge in [-0.25, -0.2) is 4.79 Å². The van der Waals surface area contributed by atoms with Crippen molar-refractivity contribution in [1.82, 2.24) is 61.3 Å². The number of piperazine rings is 2. The molecular formula is C31H38F6N12O2. The first-order valence-corrected chi connectivity index (χ1v) is 16.1. The van der Waals surface area contributed by atoms with Gasteiger partial charge in [-0.3, -0.25) is 9.80 Å². The van der Waals surface area contributed by atoms with Crippen molar-refractivity contribution in [2.24, 2.45) is 0 Å². The van der Waals surface area contributed by atoms with Crippen LogP contribution in [0.3, 0.4) is 0 Å². The molecule has 2 aliphatic heterocycles. The smallest absolute Gasteiger partial charge is 0.416 e. The normalized spacial score (nSPS) is 16.5. The number of carbonyl (C=O) groups is 1. The average Bonchev–Trinajstić information content (AvgIpc) is 3.80. The van der Waals surface area contributed by atoms with E-state index in [1.165, 1.54) is 12.1 Å². The molecule has 0 saturated carbocycles. The minimum atomic E-state index is -4.46. The number of benzene rings is 2. The number of carbonyl (C=O) groups excluding carboxylic acids is 1. The number of hydrogen-bond acceptors (Lipinski definition) is 11. The molecular weight excluding hydrogens is 686 g/mol. The molecule has 14 nitrogen and oxygen atoms in total. The van der Waals surface area contributed by atoms with E-state index in [0.717, 1.165) is 56.0 Å². The molecule has 3 N–H and O–H groups in total. The van der Waals surface area contributed by atoms with Crippen molar-refractivity contribution in [2.75, 3.05) is 52.4 Å². The Morgan fingerprint density at radius 3 is 1.55 bits per heavy atom. The van der Waals surface area contributed by atoms with Crippen LogP contribution in [-0.4, -0.2) is 120 Å². The van der Waals surface area contributed by atoms with E-state index in [2.05, 4.69) is 56.4 Å². The van der Waals surface area contributed by atoms with Crippen molar-refractivity contribution >= 4 is 6.09 Å². The fourth-order valence-corrected chi connectivity index (χ4v) is 5.52. The number of amides is 1. The zero-order chi connectivity index (χ0) is 36.8. The Bertz CT molecular complexity index is 1710. The molecule has 1 amide bonds. The van der Waals surface area contributed by atoms with Gasteiger partial charge in [0.2, 0.25) is 11.6 Å². The zero-order valence-corrected chi connectivity index (χ0v) is 28.1. The monoisotopic (exact) mass is 724 g/mol. The van der Waals surface area contributed by atoms with Crippen LogP contribution in [0.15, 0.2) is 36.4 Å². The molecule has 0 spiro atoms. The summed E-state index contributed by atoms with van der Waals surface area (Å²) in [5.41, 5.74) is 0.0207. The highest BCUT2D eigenvalue weighted by Gasteiger charge is 2.33. The number of tetrazole rings is 2. The number of alkyl halides is 6. The van der Waals surface area contributed by atoms with Crippen molar-refractivity contribution in [3.63, 3.8) is 0 Å². The first-order chi connectivity index (χ1) is 24.1. The van der Waals surface area contributed by atoms with Gasteiger partial charge in [-0.15, -0.1) is 20.4 Å².